The van der Waals surface area contributed by atoms with Gasteiger partial charge in [0.1, 0.15) is 6.04 Å². The SMILES string of the molecule is C[C@H](O)CC(=O)NC1CCOC1=O. The van der Waals surface area contributed by atoms with Crippen LogP contribution in [0.4, 0.5) is 0 Å². The zero-order valence-electron chi connectivity index (χ0n) is 7.45. The highest BCUT2D eigenvalue weighted by Crippen LogP contribution is 2.05. The second kappa shape index (κ2) is 4.23. The standard InChI is InChI=1S/C8H13NO4/c1-5(10)4-7(11)9-6-2-3-13-8(6)12/h5-6,10H,2-4H2,1H3,(H,9,11)/t5-,6?/m0/s1. The Hall–Kier alpha value is -1.10. The quantitative estimate of drug-likeness (QED) is 0.566. The van der Waals surface area contributed by atoms with Crippen LogP contribution in [0.3, 0.4) is 0 Å². The van der Waals surface area contributed by atoms with Gasteiger partial charge in [-0.05, 0) is 6.92 Å². The van der Waals surface area contributed by atoms with Crippen LogP contribution in [0.5, 0.6) is 0 Å². The van der Waals surface area contributed by atoms with Gasteiger partial charge in [-0.25, -0.2) is 4.79 Å². The number of hydrogen-bond acceptors (Lipinski definition) is 4. The third-order valence-corrected chi connectivity index (χ3v) is 1.75. The van der Waals surface area contributed by atoms with E-state index in [1.165, 1.54) is 6.92 Å². The van der Waals surface area contributed by atoms with Crippen molar-refractivity contribution in [3.05, 3.63) is 0 Å². The molecule has 1 rings (SSSR count). The fourth-order valence-electron chi connectivity index (χ4n) is 1.15. The first-order valence-electron chi connectivity index (χ1n) is 4.23. The molecule has 0 spiro atoms. The normalized spacial score (nSPS) is 23.8. The maximum absolute atomic E-state index is 11.1. The third kappa shape index (κ3) is 3.02. The van der Waals surface area contributed by atoms with Crippen molar-refractivity contribution in [2.24, 2.45) is 0 Å². The van der Waals surface area contributed by atoms with Gasteiger partial charge in [0, 0.05) is 6.42 Å². The predicted octanol–water partition coefficient (Wildman–Crippen LogP) is -0.811. The van der Waals surface area contributed by atoms with Crippen molar-refractivity contribution in [1.29, 1.82) is 0 Å². The summed E-state index contributed by atoms with van der Waals surface area (Å²) in [5.41, 5.74) is 0. The molecule has 2 N–H and O–H groups in total. The summed E-state index contributed by atoms with van der Waals surface area (Å²) in [6, 6.07) is -0.522. The molecule has 1 amide bonds. The highest BCUT2D eigenvalue weighted by molar-refractivity contribution is 5.85. The van der Waals surface area contributed by atoms with Gasteiger partial charge in [0.25, 0.3) is 0 Å². The molecule has 1 heterocycles. The van der Waals surface area contributed by atoms with E-state index in [0.29, 0.717) is 13.0 Å². The molecule has 0 aromatic heterocycles. The first-order chi connectivity index (χ1) is 6.09. The Bertz CT molecular complexity index is 214. The van der Waals surface area contributed by atoms with E-state index in [-0.39, 0.29) is 18.3 Å². The molecule has 1 aliphatic heterocycles. The molecule has 13 heavy (non-hydrogen) atoms. The maximum atomic E-state index is 11.1. The van der Waals surface area contributed by atoms with Gasteiger partial charge < -0.3 is 15.2 Å². The summed E-state index contributed by atoms with van der Waals surface area (Å²) in [7, 11) is 0. The average Bonchev–Trinajstić information content (AvgIpc) is 2.34. The number of hydrogen-bond donors (Lipinski definition) is 2. The van der Waals surface area contributed by atoms with Crippen LogP contribution in [0.15, 0.2) is 0 Å². The summed E-state index contributed by atoms with van der Waals surface area (Å²) in [5, 5.41) is 11.4. The second-order valence-electron chi connectivity index (χ2n) is 3.13. The number of carbonyl (C=O) groups excluding carboxylic acids is 2. The summed E-state index contributed by atoms with van der Waals surface area (Å²) < 4.78 is 4.66. The molecule has 0 saturated carbocycles. The molecule has 0 radical (unpaired) electrons. The van der Waals surface area contributed by atoms with E-state index in [0.717, 1.165) is 0 Å². The van der Waals surface area contributed by atoms with Crippen molar-refractivity contribution in [3.8, 4) is 0 Å². The number of ether oxygens (including phenoxy) is 1. The molecule has 5 nitrogen and oxygen atoms in total. The number of esters is 1. The van der Waals surface area contributed by atoms with E-state index in [1.54, 1.807) is 0 Å². The van der Waals surface area contributed by atoms with Gasteiger partial charge in [-0.3, -0.25) is 4.79 Å². The van der Waals surface area contributed by atoms with E-state index in [4.69, 9.17) is 5.11 Å². The molecule has 5 heteroatoms. The molecule has 0 bridgehead atoms. The smallest absolute Gasteiger partial charge is 0.328 e. The Morgan fingerprint density at radius 3 is 3.00 bits per heavy atom. The van der Waals surface area contributed by atoms with Gasteiger partial charge in [0.05, 0.1) is 19.1 Å². The number of nitrogens with one attached hydrogen (secondary N) is 1. The van der Waals surface area contributed by atoms with Crippen LogP contribution in [0, 0.1) is 0 Å². The molecular formula is C8H13NO4. The molecule has 1 unspecified atom stereocenters. The molecule has 1 aliphatic rings. The molecule has 0 aromatic rings. The van der Waals surface area contributed by atoms with Gasteiger partial charge in [-0.15, -0.1) is 0 Å². The van der Waals surface area contributed by atoms with Crippen LogP contribution < -0.4 is 5.32 Å². The Kier molecular flexibility index (Phi) is 3.25. The zero-order valence-corrected chi connectivity index (χ0v) is 7.45. The van der Waals surface area contributed by atoms with Gasteiger partial charge in [-0.2, -0.15) is 0 Å². The van der Waals surface area contributed by atoms with Gasteiger partial charge in [0.2, 0.25) is 5.91 Å². The van der Waals surface area contributed by atoms with Crippen LogP contribution in [0.25, 0.3) is 0 Å². The van der Waals surface area contributed by atoms with E-state index in [2.05, 4.69) is 10.1 Å². The summed E-state index contributed by atoms with van der Waals surface area (Å²) in [6.07, 6.45) is -0.147. The molecule has 1 fully saturated rings. The summed E-state index contributed by atoms with van der Waals surface area (Å²) in [4.78, 5) is 22.0. The zero-order chi connectivity index (χ0) is 9.84. The van der Waals surface area contributed by atoms with E-state index in [9.17, 15) is 9.59 Å². The van der Waals surface area contributed by atoms with E-state index >= 15 is 0 Å². The number of carbonyl (C=O) groups is 2. The van der Waals surface area contributed by atoms with Gasteiger partial charge in [-0.1, -0.05) is 0 Å². The summed E-state index contributed by atoms with van der Waals surface area (Å²) in [6.45, 7) is 1.88. The van der Waals surface area contributed by atoms with Gasteiger partial charge >= 0.3 is 5.97 Å². The lowest BCUT2D eigenvalue weighted by atomic mass is 10.2. The molecule has 2 atom stereocenters. The van der Waals surface area contributed by atoms with Crippen molar-refractivity contribution in [1.82, 2.24) is 5.32 Å². The Morgan fingerprint density at radius 2 is 2.54 bits per heavy atom. The summed E-state index contributed by atoms with van der Waals surface area (Å²) >= 11 is 0. The molecular weight excluding hydrogens is 174 g/mol. The van der Waals surface area contributed by atoms with Crippen molar-refractivity contribution in [2.75, 3.05) is 6.61 Å². The monoisotopic (exact) mass is 187 g/mol. The lowest BCUT2D eigenvalue weighted by Crippen LogP contribution is -2.39. The number of rotatable bonds is 3. The minimum atomic E-state index is -0.683. The molecule has 74 valence electrons. The number of aliphatic hydroxyl groups is 1. The first kappa shape index (κ1) is 9.98. The highest BCUT2D eigenvalue weighted by Gasteiger charge is 2.27. The Morgan fingerprint density at radius 1 is 1.85 bits per heavy atom. The lowest BCUT2D eigenvalue weighted by Gasteiger charge is -2.09. The Labute approximate surface area is 76.1 Å². The average molecular weight is 187 g/mol. The Balaban J connectivity index is 2.31. The van der Waals surface area contributed by atoms with Crippen molar-refractivity contribution in [2.45, 2.75) is 31.9 Å². The van der Waals surface area contributed by atoms with Crippen LogP contribution in [0.1, 0.15) is 19.8 Å². The number of aliphatic hydroxyl groups excluding tert-OH is 1. The predicted molar refractivity (Wildman–Crippen MR) is 43.8 cm³/mol. The largest absolute Gasteiger partial charge is 0.464 e. The minimum absolute atomic E-state index is 0.0176. The number of amides is 1. The topological polar surface area (TPSA) is 75.6 Å². The van der Waals surface area contributed by atoms with Crippen LogP contribution in [0.2, 0.25) is 0 Å². The summed E-state index contributed by atoms with van der Waals surface area (Å²) in [5.74, 6) is -0.710. The minimum Gasteiger partial charge on any atom is -0.464 e. The fraction of sp³-hybridized carbons (Fsp3) is 0.750. The first-order valence-corrected chi connectivity index (χ1v) is 4.23. The third-order valence-electron chi connectivity index (χ3n) is 1.75. The molecule has 0 aliphatic carbocycles. The van der Waals surface area contributed by atoms with Crippen molar-refractivity contribution < 1.29 is 19.4 Å². The maximum Gasteiger partial charge on any atom is 0.328 e. The van der Waals surface area contributed by atoms with Crippen molar-refractivity contribution in [3.63, 3.8) is 0 Å². The lowest BCUT2D eigenvalue weighted by molar-refractivity contribution is -0.141. The van der Waals surface area contributed by atoms with E-state index in [1.807, 2.05) is 0 Å². The molecule has 1 saturated heterocycles. The van der Waals surface area contributed by atoms with Crippen LogP contribution in [-0.4, -0.2) is 35.7 Å². The number of cyclic esters (lactones) is 1. The van der Waals surface area contributed by atoms with Crippen molar-refractivity contribution >= 4 is 11.9 Å². The second-order valence-corrected chi connectivity index (χ2v) is 3.13. The highest BCUT2D eigenvalue weighted by atomic mass is 16.5. The van der Waals surface area contributed by atoms with E-state index < -0.39 is 12.1 Å². The fourth-order valence-corrected chi connectivity index (χ4v) is 1.15. The van der Waals surface area contributed by atoms with Crippen LogP contribution in [-0.2, 0) is 14.3 Å². The van der Waals surface area contributed by atoms with Gasteiger partial charge in [0.15, 0.2) is 0 Å². The van der Waals surface area contributed by atoms with Crippen LogP contribution >= 0.6 is 0 Å². The molecule has 0 aromatic carbocycles.